The van der Waals surface area contributed by atoms with Gasteiger partial charge in [0.05, 0.1) is 19.1 Å². The first-order valence-corrected chi connectivity index (χ1v) is 6.00. The predicted octanol–water partition coefficient (Wildman–Crippen LogP) is 0.698. The summed E-state index contributed by atoms with van der Waals surface area (Å²) in [5.41, 5.74) is 0. The van der Waals surface area contributed by atoms with E-state index >= 15 is 0 Å². The van der Waals surface area contributed by atoms with Crippen LogP contribution in [0, 0.1) is 0 Å². The van der Waals surface area contributed by atoms with Crippen molar-refractivity contribution in [1.29, 1.82) is 0 Å². The Hall–Kier alpha value is -0.980. The first-order valence-electron chi connectivity index (χ1n) is 6.00. The topological polar surface area (TPSA) is 69.4 Å². The van der Waals surface area contributed by atoms with Crippen molar-refractivity contribution in [2.75, 3.05) is 26.9 Å². The van der Waals surface area contributed by atoms with E-state index in [0.29, 0.717) is 31.5 Å². The summed E-state index contributed by atoms with van der Waals surface area (Å²) >= 11 is 0. The molecule has 6 nitrogen and oxygen atoms in total. The predicted molar refractivity (Wildman–Crippen MR) is 60.7 cm³/mol. The number of nitrogens with zero attached hydrogens (tertiary/aromatic N) is 2. The van der Waals surface area contributed by atoms with Gasteiger partial charge in [0.25, 0.3) is 0 Å². The Balaban J connectivity index is 1.93. The molecule has 0 saturated carbocycles. The van der Waals surface area contributed by atoms with Crippen LogP contribution in [0.2, 0.25) is 0 Å². The van der Waals surface area contributed by atoms with Gasteiger partial charge in [0, 0.05) is 12.6 Å². The Morgan fingerprint density at radius 3 is 3.12 bits per heavy atom. The molecule has 1 aliphatic rings. The summed E-state index contributed by atoms with van der Waals surface area (Å²) in [5.74, 6) is 1.39. The number of nitrogens with one attached hydrogen (secondary N) is 1. The Bertz CT molecular complexity index is 342. The molecule has 1 N–H and O–H groups in total. The highest BCUT2D eigenvalue weighted by Crippen LogP contribution is 2.24. The van der Waals surface area contributed by atoms with Gasteiger partial charge in [-0.05, 0) is 13.5 Å². The molecule has 2 unspecified atom stereocenters. The van der Waals surface area contributed by atoms with Crippen molar-refractivity contribution in [3.63, 3.8) is 0 Å². The van der Waals surface area contributed by atoms with Crippen LogP contribution >= 0.6 is 0 Å². The molecule has 1 aliphatic heterocycles. The lowest BCUT2D eigenvalue weighted by Crippen LogP contribution is -2.31. The van der Waals surface area contributed by atoms with Gasteiger partial charge in [0.1, 0.15) is 6.61 Å². The molecule has 0 spiro atoms. The minimum Gasteiger partial charge on any atom is -0.379 e. The summed E-state index contributed by atoms with van der Waals surface area (Å²) in [4.78, 5) is 4.34. The second-order valence-electron chi connectivity index (χ2n) is 4.14. The largest absolute Gasteiger partial charge is 0.379 e. The van der Waals surface area contributed by atoms with Crippen molar-refractivity contribution < 1.29 is 14.0 Å². The second-order valence-corrected chi connectivity index (χ2v) is 4.14. The van der Waals surface area contributed by atoms with Gasteiger partial charge in [0.15, 0.2) is 5.82 Å². The molecule has 2 heterocycles. The molecular weight excluding hydrogens is 222 g/mol. The summed E-state index contributed by atoms with van der Waals surface area (Å²) in [6, 6.07) is 0.250. The van der Waals surface area contributed by atoms with Gasteiger partial charge >= 0.3 is 0 Å². The lowest BCUT2D eigenvalue weighted by Gasteiger charge is -2.11. The van der Waals surface area contributed by atoms with Crippen LogP contribution in [0.1, 0.15) is 31.0 Å². The fraction of sp³-hybridized carbons (Fsp3) is 0.818. The summed E-state index contributed by atoms with van der Waals surface area (Å²) in [7, 11) is 1.91. The van der Waals surface area contributed by atoms with E-state index in [4.69, 9.17) is 14.0 Å². The Morgan fingerprint density at radius 2 is 2.35 bits per heavy atom. The molecule has 0 radical (unpaired) electrons. The molecule has 2 rings (SSSR count). The molecule has 1 fully saturated rings. The Labute approximate surface area is 101 Å². The molecule has 1 saturated heterocycles. The van der Waals surface area contributed by atoms with Crippen LogP contribution in [0.4, 0.5) is 0 Å². The van der Waals surface area contributed by atoms with Crippen LogP contribution in [0.15, 0.2) is 4.52 Å². The third-order valence-electron chi connectivity index (χ3n) is 2.83. The van der Waals surface area contributed by atoms with Crippen LogP contribution in [0.5, 0.6) is 0 Å². The van der Waals surface area contributed by atoms with E-state index in [0.717, 1.165) is 13.0 Å². The quantitative estimate of drug-likeness (QED) is 0.739. The molecule has 1 aromatic heterocycles. The smallest absolute Gasteiger partial charge is 0.233 e. The first-order chi connectivity index (χ1) is 8.35. The van der Waals surface area contributed by atoms with Crippen molar-refractivity contribution >= 4 is 0 Å². The maximum atomic E-state index is 5.40. The van der Waals surface area contributed by atoms with Gasteiger partial charge in [-0.2, -0.15) is 4.98 Å². The normalized spacial score (nSPS) is 24.4. The molecule has 2 atom stereocenters. The summed E-state index contributed by atoms with van der Waals surface area (Å²) in [6.07, 6.45) is 0.989. The van der Waals surface area contributed by atoms with E-state index in [1.165, 1.54) is 0 Å². The zero-order valence-corrected chi connectivity index (χ0v) is 10.3. The first kappa shape index (κ1) is 12.5. The number of aromatic nitrogens is 2. The van der Waals surface area contributed by atoms with Crippen molar-refractivity contribution in [1.82, 2.24) is 15.5 Å². The Morgan fingerprint density at radius 1 is 1.47 bits per heavy atom. The molecule has 6 heteroatoms. The van der Waals surface area contributed by atoms with Gasteiger partial charge in [-0.1, -0.05) is 12.1 Å². The summed E-state index contributed by atoms with van der Waals surface area (Å²) in [6.45, 7) is 4.51. The number of likely N-dealkylation sites (N-methyl/N-ethyl adjacent to an activating group) is 1. The van der Waals surface area contributed by atoms with Crippen LogP contribution < -0.4 is 5.32 Å². The zero-order chi connectivity index (χ0) is 12.1. The van der Waals surface area contributed by atoms with Crippen molar-refractivity contribution in [2.24, 2.45) is 0 Å². The third kappa shape index (κ3) is 3.02. The number of hydrogen-bond acceptors (Lipinski definition) is 6. The SMILES string of the molecule is CCCOCc1noc(C2COCC2NC)n1. The average Bonchev–Trinajstić information content (AvgIpc) is 2.96. The van der Waals surface area contributed by atoms with E-state index in [9.17, 15) is 0 Å². The van der Waals surface area contributed by atoms with E-state index in [2.05, 4.69) is 22.4 Å². The van der Waals surface area contributed by atoms with Crippen LogP contribution in [-0.4, -0.2) is 43.1 Å². The van der Waals surface area contributed by atoms with Gasteiger partial charge < -0.3 is 19.3 Å². The van der Waals surface area contributed by atoms with Gasteiger partial charge in [0.2, 0.25) is 5.89 Å². The molecular formula is C11H19N3O3. The molecule has 17 heavy (non-hydrogen) atoms. The number of hydrogen-bond donors (Lipinski definition) is 1. The molecule has 0 amide bonds. The monoisotopic (exact) mass is 241 g/mol. The molecule has 0 aliphatic carbocycles. The maximum Gasteiger partial charge on any atom is 0.233 e. The van der Waals surface area contributed by atoms with Crippen molar-refractivity contribution in [2.45, 2.75) is 31.9 Å². The third-order valence-corrected chi connectivity index (χ3v) is 2.83. The molecule has 1 aromatic rings. The number of ether oxygens (including phenoxy) is 2. The van der Waals surface area contributed by atoms with Crippen LogP contribution in [-0.2, 0) is 16.1 Å². The molecule has 0 bridgehead atoms. The minimum atomic E-state index is 0.146. The maximum absolute atomic E-state index is 5.40. The highest BCUT2D eigenvalue weighted by molar-refractivity contribution is 5.01. The second kappa shape index (κ2) is 6.09. The highest BCUT2D eigenvalue weighted by atomic mass is 16.5. The van der Waals surface area contributed by atoms with E-state index < -0.39 is 0 Å². The van der Waals surface area contributed by atoms with E-state index in [1.54, 1.807) is 0 Å². The lowest BCUT2D eigenvalue weighted by molar-refractivity contribution is 0.114. The fourth-order valence-corrected chi connectivity index (χ4v) is 1.87. The van der Waals surface area contributed by atoms with Crippen LogP contribution in [0.25, 0.3) is 0 Å². The van der Waals surface area contributed by atoms with E-state index in [-0.39, 0.29) is 12.0 Å². The van der Waals surface area contributed by atoms with Gasteiger partial charge in [-0.3, -0.25) is 0 Å². The molecule has 0 aromatic carbocycles. The van der Waals surface area contributed by atoms with Crippen LogP contribution in [0.3, 0.4) is 0 Å². The fourth-order valence-electron chi connectivity index (χ4n) is 1.87. The van der Waals surface area contributed by atoms with Gasteiger partial charge in [-0.15, -0.1) is 0 Å². The van der Waals surface area contributed by atoms with E-state index in [1.807, 2.05) is 7.05 Å². The zero-order valence-electron chi connectivity index (χ0n) is 10.3. The van der Waals surface area contributed by atoms with Crippen molar-refractivity contribution in [3.05, 3.63) is 11.7 Å². The lowest BCUT2D eigenvalue weighted by atomic mass is 10.0. The standard InChI is InChI=1S/C11H19N3O3/c1-3-4-15-7-10-13-11(17-14-10)8-5-16-6-9(8)12-2/h8-9,12H,3-7H2,1-2H3. The number of rotatable bonds is 6. The molecule has 96 valence electrons. The summed E-state index contributed by atoms with van der Waals surface area (Å²) < 4.78 is 16.0. The minimum absolute atomic E-state index is 0.146. The average molecular weight is 241 g/mol. The summed E-state index contributed by atoms with van der Waals surface area (Å²) in [5, 5.41) is 7.10. The highest BCUT2D eigenvalue weighted by Gasteiger charge is 2.32. The van der Waals surface area contributed by atoms with Gasteiger partial charge in [-0.25, -0.2) is 0 Å². The van der Waals surface area contributed by atoms with Crippen molar-refractivity contribution in [3.8, 4) is 0 Å². The Kier molecular flexibility index (Phi) is 4.47.